The van der Waals surface area contributed by atoms with E-state index in [1.54, 1.807) is 81.4 Å². The number of benzene rings is 3. The monoisotopic (exact) mass is 544 g/mol. The van der Waals surface area contributed by atoms with Gasteiger partial charge in [0.15, 0.2) is 0 Å². The van der Waals surface area contributed by atoms with Gasteiger partial charge in [-0.1, -0.05) is 81.4 Å². The molecule has 3 aromatic rings. The fraction of sp³-hybridized carbons (Fsp3) is 0.308. The molecule has 3 rings (SSSR count). The lowest BCUT2D eigenvalue weighted by Gasteiger charge is -2.45. The SMILES string of the molecule is CC(C)(C)C(NS(=O)(=O)c1cc(C(F)(F)F)cc(C(F)(F)F)c1)C(N)(c1ccccc1)c1ccccc1. The van der Waals surface area contributed by atoms with Crippen LogP contribution in [0.5, 0.6) is 0 Å². The first-order valence-corrected chi connectivity index (χ1v) is 12.6. The standard InChI is InChI=1S/C26H26F6N2O2S/c1-23(2,3)22(24(33,17-10-6-4-7-11-17)18-12-8-5-9-13-18)34-37(35,36)21-15-19(25(27,28)29)14-20(16-21)26(30,31)32/h4-16,22,34H,33H2,1-3H3. The summed E-state index contributed by atoms with van der Waals surface area (Å²) in [5, 5.41) is 0. The number of sulfonamides is 1. The third-order valence-electron chi connectivity index (χ3n) is 5.97. The second kappa shape index (κ2) is 9.77. The summed E-state index contributed by atoms with van der Waals surface area (Å²) in [4.78, 5) is -1.17. The molecule has 11 heteroatoms. The zero-order chi connectivity index (χ0) is 27.9. The Morgan fingerprint density at radius 1 is 0.676 bits per heavy atom. The van der Waals surface area contributed by atoms with Crippen LogP contribution in [0.3, 0.4) is 0 Å². The Balaban J connectivity index is 2.24. The van der Waals surface area contributed by atoms with Crippen molar-refractivity contribution >= 4 is 10.0 Å². The van der Waals surface area contributed by atoms with E-state index in [1.165, 1.54) is 0 Å². The van der Waals surface area contributed by atoms with Crippen LogP contribution in [-0.4, -0.2) is 14.5 Å². The third-order valence-corrected chi connectivity index (χ3v) is 7.37. The van der Waals surface area contributed by atoms with E-state index in [4.69, 9.17) is 5.73 Å². The highest BCUT2D eigenvalue weighted by molar-refractivity contribution is 7.89. The number of nitrogens with two attached hydrogens (primary N) is 1. The van der Waals surface area contributed by atoms with Crippen LogP contribution in [0.25, 0.3) is 0 Å². The van der Waals surface area contributed by atoms with E-state index < -0.39 is 55.4 Å². The summed E-state index contributed by atoms with van der Waals surface area (Å²) < 4.78 is 110. The summed E-state index contributed by atoms with van der Waals surface area (Å²) in [6, 6.07) is 15.9. The molecular weight excluding hydrogens is 518 g/mol. The molecule has 3 N–H and O–H groups in total. The Kier molecular flexibility index (Phi) is 7.57. The van der Waals surface area contributed by atoms with Crippen molar-refractivity contribution in [3.8, 4) is 0 Å². The van der Waals surface area contributed by atoms with Crippen molar-refractivity contribution in [1.82, 2.24) is 4.72 Å². The summed E-state index contributed by atoms with van der Waals surface area (Å²) in [5.74, 6) is 0. The average Bonchev–Trinajstić information content (AvgIpc) is 2.81. The van der Waals surface area contributed by atoms with Gasteiger partial charge in [0.2, 0.25) is 10.0 Å². The van der Waals surface area contributed by atoms with Gasteiger partial charge in [-0.15, -0.1) is 0 Å². The summed E-state index contributed by atoms with van der Waals surface area (Å²) in [6.07, 6.45) is -10.4. The van der Waals surface area contributed by atoms with E-state index in [9.17, 15) is 34.8 Å². The lowest BCUT2D eigenvalue weighted by atomic mass is 9.68. The molecular formula is C26H26F6N2O2S. The van der Waals surface area contributed by atoms with Gasteiger partial charge in [-0.25, -0.2) is 13.1 Å². The Morgan fingerprint density at radius 3 is 1.38 bits per heavy atom. The predicted octanol–water partition coefficient (Wildman–Crippen LogP) is 6.32. The van der Waals surface area contributed by atoms with Gasteiger partial charge in [-0.3, -0.25) is 0 Å². The van der Waals surface area contributed by atoms with Crippen molar-refractivity contribution in [2.45, 2.75) is 49.6 Å². The minimum Gasteiger partial charge on any atom is -0.316 e. The molecule has 0 aromatic heterocycles. The molecule has 1 atom stereocenters. The van der Waals surface area contributed by atoms with Crippen molar-refractivity contribution in [2.75, 3.05) is 0 Å². The predicted molar refractivity (Wildman–Crippen MR) is 128 cm³/mol. The maximum atomic E-state index is 13.5. The molecule has 0 aliphatic rings. The first kappa shape index (κ1) is 28.7. The highest BCUT2D eigenvalue weighted by atomic mass is 32.2. The Morgan fingerprint density at radius 2 is 1.05 bits per heavy atom. The van der Waals surface area contributed by atoms with Crippen molar-refractivity contribution in [3.05, 3.63) is 101 Å². The van der Waals surface area contributed by atoms with E-state index in [0.29, 0.717) is 11.1 Å². The summed E-state index contributed by atoms with van der Waals surface area (Å²) >= 11 is 0. The largest absolute Gasteiger partial charge is 0.416 e. The topological polar surface area (TPSA) is 72.2 Å². The lowest BCUT2D eigenvalue weighted by Crippen LogP contribution is -2.62. The second-order valence-corrected chi connectivity index (χ2v) is 11.5. The zero-order valence-electron chi connectivity index (χ0n) is 20.2. The first-order valence-electron chi connectivity index (χ1n) is 11.1. The number of rotatable bonds is 6. The number of halogens is 6. The van der Waals surface area contributed by atoms with Crippen molar-refractivity contribution in [2.24, 2.45) is 11.1 Å². The van der Waals surface area contributed by atoms with Gasteiger partial charge in [-0.05, 0) is 34.7 Å². The van der Waals surface area contributed by atoms with Gasteiger partial charge in [0, 0.05) is 0 Å². The summed E-state index contributed by atoms with van der Waals surface area (Å²) in [5.41, 5.74) is 1.97. The average molecular weight is 545 g/mol. The molecule has 0 saturated carbocycles. The highest BCUT2D eigenvalue weighted by Crippen LogP contribution is 2.41. The maximum absolute atomic E-state index is 13.5. The van der Waals surface area contributed by atoms with Crippen LogP contribution >= 0.6 is 0 Å². The third kappa shape index (κ3) is 6.16. The van der Waals surface area contributed by atoms with Crippen molar-refractivity contribution in [1.29, 1.82) is 0 Å². The number of alkyl halides is 6. The smallest absolute Gasteiger partial charge is 0.316 e. The molecule has 0 saturated heterocycles. The van der Waals surface area contributed by atoms with Gasteiger partial charge < -0.3 is 5.73 Å². The van der Waals surface area contributed by atoms with E-state index in [1.807, 2.05) is 0 Å². The first-order chi connectivity index (χ1) is 16.9. The number of hydrogen-bond donors (Lipinski definition) is 2. The molecule has 0 aliphatic heterocycles. The molecule has 0 aliphatic carbocycles. The van der Waals surface area contributed by atoms with Gasteiger partial charge in [0.1, 0.15) is 0 Å². The van der Waals surface area contributed by atoms with E-state index in [2.05, 4.69) is 4.72 Å². The fourth-order valence-corrected chi connectivity index (χ4v) is 5.74. The molecule has 4 nitrogen and oxygen atoms in total. The molecule has 0 heterocycles. The van der Waals surface area contributed by atoms with E-state index in [0.717, 1.165) is 0 Å². The van der Waals surface area contributed by atoms with Gasteiger partial charge in [-0.2, -0.15) is 26.3 Å². The van der Waals surface area contributed by atoms with E-state index >= 15 is 0 Å². The van der Waals surface area contributed by atoms with Crippen LogP contribution in [0.1, 0.15) is 43.0 Å². The maximum Gasteiger partial charge on any atom is 0.416 e. The second-order valence-electron chi connectivity index (χ2n) is 9.76. The minimum atomic E-state index is -5.21. The molecule has 3 aromatic carbocycles. The summed E-state index contributed by atoms with van der Waals surface area (Å²) in [6.45, 7) is 5.00. The molecule has 0 amide bonds. The molecule has 0 bridgehead atoms. The van der Waals surface area contributed by atoms with E-state index in [-0.39, 0.29) is 18.2 Å². The molecule has 0 spiro atoms. The van der Waals surface area contributed by atoms with Gasteiger partial charge in [0.05, 0.1) is 27.6 Å². The number of nitrogens with one attached hydrogen (secondary N) is 1. The summed E-state index contributed by atoms with van der Waals surface area (Å²) in [7, 11) is -4.94. The molecule has 200 valence electrons. The van der Waals surface area contributed by atoms with Crippen molar-refractivity contribution in [3.63, 3.8) is 0 Å². The van der Waals surface area contributed by atoms with Crippen LogP contribution in [0, 0.1) is 5.41 Å². The Bertz CT molecular complexity index is 1260. The van der Waals surface area contributed by atoms with Gasteiger partial charge in [0.25, 0.3) is 0 Å². The molecule has 1 unspecified atom stereocenters. The zero-order valence-corrected chi connectivity index (χ0v) is 21.0. The van der Waals surface area contributed by atoms with Crippen molar-refractivity contribution < 1.29 is 34.8 Å². The quantitative estimate of drug-likeness (QED) is 0.357. The fourth-order valence-electron chi connectivity index (χ4n) is 4.19. The highest BCUT2D eigenvalue weighted by Gasteiger charge is 2.47. The van der Waals surface area contributed by atoms with Crippen LogP contribution in [0.15, 0.2) is 83.8 Å². The molecule has 0 fully saturated rings. The van der Waals surface area contributed by atoms with Crippen LogP contribution in [0.2, 0.25) is 0 Å². The Hall–Kier alpha value is -2.89. The van der Waals surface area contributed by atoms with Crippen LogP contribution < -0.4 is 10.5 Å². The minimum absolute atomic E-state index is 0.124. The lowest BCUT2D eigenvalue weighted by molar-refractivity contribution is -0.143. The number of hydrogen-bond acceptors (Lipinski definition) is 3. The molecule has 37 heavy (non-hydrogen) atoms. The van der Waals surface area contributed by atoms with Crippen LogP contribution in [0.4, 0.5) is 26.3 Å². The van der Waals surface area contributed by atoms with Crippen LogP contribution in [-0.2, 0) is 27.9 Å². The van der Waals surface area contributed by atoms with Gasteiger partial charge >= 0.3 is 12.4 Å². The molecule has 0 radical (unpaired) electrons. The normalized spacial score (nSPS) is 14.4. The Labute approximate surface area is 211 Å².